The number of aliphatic hydroxyl groups is 1. The third-order valence-electron chi connectivity index (χ3n) is 3.68. The highest BCUT2D eigenvalue weighted by Gasteiger charge is 2.30. The van der Waals surface area contributed by atoms with Crippen LogP contribution in [0.4, 0.5) is 13.2 Å². The summed E-state index contributed by atoms with van der Waals surface area (Å²) in [6, 6.07) is 4.99. The third-order valence-corrected chi connectivity index (χ3v) is 3.68. The summed E-state index contributed by atoms with van der Waals surface area (Å²) >= 11 is 0. The molecule has 0 fully saturated rings. The van der Waals surface area contributed by atoms with Crippen molar-refractivity contribution in [3.8, 4) is 0 Å². The van der Waals surface area contributed by atoms with Crippen molar-refractivity contribution in [2.75, 3.05) is 0 Å². The highest BCUT2D eigenvalue weighted by Crippen LogP contribution is 2.31. The van der Waals surface area contributed by atoms with E-state index in [-0.39, 0.29) is 0 Å². The molecular formula is C17H25F3O. The van der Waals surface area contributed by atoms with E-state index >= 15 is 0 Å². The number of benzene rings is 1. The van der Waals surface area contributed by atoms with Gasteiger partial charge in [-0.15, -0.1) is 0 Å². The number of hydrogen-bond acceptors (Lipinski definition) is 1. The predicted octanol–water partition coefficient (Wildman–Crippen LogP) is 5.88. The quantitative estimate of drug-likeness (QED) is 0.565. The number of unbranched alkanes of at least 4 members (excludes halogenated alkanes) is 6. The minimum Gasteiger partial charge on any atom is -0.388 e. The number of alkyl halides is 3. The van der Waals surface area contributed by atoms with E-state index in [4.69, 9.17) is 0 Å². The molecule has 120 valence electrons. The molecule has 1 nitrogen and oxygen atoms in total. The van der Waals surface area contributed by atoms with E-state index in [9.17, 15) is 18.3 Å². The first-order valence-electron chi connectivity index (χ1n) is 7.80. The molecule has 0 aliphatic rings. The first-order valence-corrected chi connectivity index (χ1v) is 7.80. The standard InChI is InChI=1S/C17H25F3O/c1-2-3-4-5-6-7-8-12-16(21)14-10-9-11-15(13-14)17(18,19)20/h9-11,13,16,21H,2-8,12H2,1H3. The van der Waals surface area contributed by atoms with Gasteiger partial charge in [0.05, 0.1) is 11.7 Å². The number of aliphatic hydroxyl groups excluding tert-OH is 1. The zero-order valence-electron chi connectivity index (χ0n) is 12.6. The van der Waals surface area contributed by atoms with Crippen LogP contribution in [0.1, 0.15) is 75.5 Å². The van der Waals surface area contributed by atoms with Gasteiger partial charge in [0.25, 0.3) is 0 Å². The Morgan fingerprint density at radius 2 is 1.62 bits per heavy atom. The first-order chi connectivity index (χ1) is 9.95. The van der Waals surface area contributed by atoms with Crippen molar-refractivity contribution < 1.29 is 18.3 Å². The molecule has 1 aromatic carbocycles. The Balaban J connectivity index is 2.34. The van der Waals surface area contributed by atoms with Gasteiger partial charge in [-0.05, 0) is 24.1 Å². The molecule has 21 heavy (non-hydrogen) atoms. The second kappa shape index (κ2) is 9.08. The zero-order chi connectivity index (χ0) is 15.7. The molecule has 0 spiro atoms. The van der Waals surface area contributed by atoms with Crippen LogP contribution in [0, 0.1) is 0 Å². The van der Waals surface area contributed by atoms with Gasteiger partial charge < -0.3 is 5.11 Å². The summed E-state index contributed by atoms with van der Waals surface area (Å²) in [6.07, 6.45) is 3.30. The van der Waals surface area contributed by atoms with E-state index in [2.05, 4.69) is 6.92 Å². The van der Waals surface area contributed by atoms with Crippen LogP contribution in [0.25, 0.3) is 0 Å². The van der Waals surface area contributed by atoms with E-state index in [0.717, 1.165) is 31.4 Å². The average molecular weight is 302 g/mol. The lowest BCUT2D eigenvalue weighted by molar-refractivity contribution is -0.137. The normalized spacial score (nSPS) is 13.4. The molecule has 0 amide bonds. The lowest BCUT2D eigenvalue weighted by Crippen LogP contribution is -2.06. The summed E-state index contributed by atoms with van der Waals surface area (Å²) in [4.78, 5) is 0. The number of hydrogen-bond donors (Lipinski definition) is 1. The van der Waals surface area contributed by atoms with Crippen molar-refractivity contribution in [3.63, 3.8) is 0 Å². The van der Waals surface area contributed by atoms with Gasteiger partial charge in [-0.3, -0.25) is 0 Å². The van der Waals surface area contributed by atoms with Crippen LogP contribution in [0.5, 0.6) is 0 Å². The molecule has 0 aromatic heterocycles. The van der Waals surface area contributed by atoms with Gasteiger partial charge in [-0.25, -0.2) is 0 Å². The van der Waals surface area contributed by atoms with Crippen molar-refractivity contribution in [2.45, 2.75) is 70.6 Å². The fourth-order valence-electron chi connectivity index (χ4n) is 2.38. The van der Waals surface area contributed by atoms with Crippen LogP contribution in [0.15, 0.2) is 24.3 Å². The number of halogens is 3. The summed E-state index contributed by atoms with van der Waals surface area (Å²) in [5.74, 6) is 0. The minimum absolute atomic E-state index is 0.357. The Labute approximate surface area is 125 Å². The van der Waals surface area contributed by atoms with Crippen LogP contribution in [0.2, 0.25) is 0 Å². The molecule has 1 N–H and O–H groups in total. The monoisotopic (exact) mass is 302 g/mol. The van der Waals surface area contributed by atoms with Crippen LogP contribution in [0.3, 0.4) is 0 Å². The van der Waals surface area contributed by atoms with Crippen molar-refractivity contribution in [1.82, 2.24) is 0 Å². The van der Waals surface area contributed by atoms with Crippen molar-refractivity contribution in [3.05, 3.63) is 35.4 Å². The van der Waals surface area contributed by atoms with Gasteiger partial charge in [0.15, 0.2) is 0 Å². The Hall–Kier alpha value is -1.03. The maximum absolute atomic E-state index is 12.6. The van der Waals surface area contributed by atoms with Crippen LogP contribution < -0.4 is 0 Å². The molecule has 1 rings (SSSR count). The maximum atomic E-state index is 12.6. The summed E-state index contributed by atoms with van der Waals surface area (Å²) in [6.45, 7) is 2.17. The average Bonchev–Trinajstić information content (AvgIpc) is 2.45. The van der Waals surface area contributed by atoms with Gasteiger partial charge in [0.1, 0.15) is 0 Å². The second-order valence-corrected chi connectivity index (χ2v) is 5.55. The lowest BCUT2D eigenvalue weighted by Gasteiger charge is -2.13. The van der Waals surface area contributed by atoms with Crippen molar-refractivity contribution in [1.29, 1.82) is 0 Å². The van der Waals surface area contributed by atoms with E-state index < -0.39 is 17.8 Å². The van der Waals surface area contributed by atoms with Gasteiger partial charge in [0, 0.05) is 0 Å². The van der Waals surface area contributed by atoms with Gasteiger partial charge in [-0.2, -0.15) is 13.2 Å². The molecule has 1 unspecified atom stereocenters. The topological polar surface area (TPSA) is 20.2 Å². The molecule has 0 heterocycles. The summed E-state index contributed by atoms with van der Waals surface area (Å²) < 4.78 is 37.8. The van der Waals surface area contributed by atoms with Crippen molar-refractivity contribution >= 4 is 0 Å². The van der Waals surface area contributed by atoms with E-state index in [1.54, 1.807) is 6.07 Å². The largest absolute Gasteiger partial charge is 0.416 e. The first kappa shape index (κ1) is 18.0. The zero-order valence-corrected chi connectivity index (χ0v) is 12.6. The highest BCUT2D eigenvalue weighted by atomic mass is 19.4. The molecular weight excluding hydrogens is 277 g/mol. The molecule has 1 atom stereocenters. The Kier molecular flexibility index (Phi) is 7.79. The third kappa shape index (κ3) is 6.98. The van der Waals surface area contributed by atoms with Crippen molar-refractivity contribution in [2.24, 2.45) is 0 Å². The highest BCUT2D eigenvalue weighted by molar-refractivity contribution is 5.27. The molecule has 0 saturated heterocycles. The van der Waals surface area contributed by atoms with Gasteiger partial charge in [0.2, 0.25) is 0 Å². The summed E-state index contributed by atoms with van der Waals surface area (Å²) in [5, 5.41) is 9.98. The van der Waals surface area contributed by atoms with Crippen LogP contribution in [-0.2, 0) is 6.18 Å². The molecule has 0 saturated carbocycles. The maximum Gasteiger partial charge on any atom is 0.416 e. The second-order valence-electron chi connectivity index (χ2n) is 5.55. The number of rotatable bonds is 9. The summed E-state index contributed by atoms with van der Waals surface area (Å²) in [7, 11) is 0. The smallest absolute Gasteiger partial charge is 0.388 e. The fourth-order valence-corrected chi connectivity index (χ4v) is 2.38. The molecule has 1 aromatic rings. The summed E-state index contributed by atoms with van der Waals surface area (Å²) in [5.41, 5.74) is -0.338. The molecule has 0 bridgehead atoms. The Morgan fingerprint density at radius 3 is 2.24 bits per heavy atom. The van der Waals surface area contributed by atoms with E-state index in [1.807, 2.05) is 0 Å². The fraction of sp³-hybridized carbons (Fsp3) is 0.647. The molecule has 4 heteroatoms. The van der Waals surface area contributed by atoms with Gasteiger partial charge >= 0.3 is 6.18 Å². The van der Waals surface area contributed by atoms with Crippen LogP contribution in [-0.4, -0.2) is 5.11 Å². The van der Waals surface area contributed by atoms with Crippen LogP contribution >= 0.6 is 0 Å². The lowest BCUT2D eigenvalue weighted by atomic mass is 10.00. The SMILES string of the molecule is CCCCCCCCCC(O)c1cccc(C(F)(F)F)c1. The Morgan fingerprint density at radius 1 is 1.00 bits per heavy atom. The molecule has 0 aliphatic carbocycles. The Bertz CT molecular complexity index is 401. The predicted molar refractivity (Wildman–Crippen MR) is 79.0 cm³/mol. The minimum atomic E-state index is -4.35. The van der Waals surface area contributed by atoms with Gasteiger partial charge in [-0.1, -0.05) is 64.0 Å². The van der Waals surface area contributed by atoms with E-state index in [1.165, 1.54) is 31.7 Å². The van der Waals surface area contributed by atoms with E-state index in [0.29, 0.717) is 12.0 Å². The molecule has 0 radical (unpaired) electrons. The molecule has 0 aliphatic heterocycles.